The number of thiophene rings is 1. The lowest BCUT2D eigenvalue weighted by molar-refractivity contribution is -0.119. The van der Waals surface area contributed by atoms with Crippen LogP contribution in [0.1, 0.15) is 12.8 Å². The topological polar surface area (TPSA) is 58.1 Å². The van der Waals surface area contributed by atoms with Crippen molar-refractivity contribution in [1.29, 1.82) is 0 Å². The third kappa shape index (κ3) is 2.28. The molecule has 0 bridgehead atoms. The molecule has 18 heavy (non-hydrogen) atoms. The van der Waals surface area contributed by atoms with Gasteiger partial charge in [0.1, 0.15) is 12.1 Å². The molecule has 0 unspecified atom stereocenters. The lowest BCUT2D eigenvalue weighted by atomic mass is 10.4. The Bertz CT molecular complexity index is 578. The number of carbonyl (C=O) groups excluding carboxylic acids is 1. The summed E-state index contributed by atoms with van der Waals surface area (Å²) in [6.07, 6.45) is 3.76. The molecular formula is C12H14N4OS. The summed E-state index contributed by atoms with van der Waals surface area (Å²) in [5.74, 6) is 0.879. The van der Waals surface area contributed by atoms with Gasteiger partial charge in [0.25, 0.3) is 0 Å². The number of aromatic nitrogens is 2. The zero-order chi connectivity index (χ0) is 12.5. The van der Waals surface area contributed by atoms with Crippen molar-refractivity contribution in [3.8, 4) is 0 Å². The van der Waals surface area contributed by atoms with Gasteiger partial charge in [-0.25, -0.2) is 9.97 Å². The van der Waals surface area contributed by atoms with E-state index >= 15 is 0 Å². The van der Waals surface area contributed by atoms with Crippen LogP contribution in [0.15, 0.2) is 17.8 Å². The summed E-state index contributed by atoms with van der Waals surface area (Å²) in [7, 11) is 1.88. The van der Waals surface area contributed by atoms with E-state index in [0.717, 1.165) is 28.9 Å². The first kappa shape index (κ1) is 11.4. The highest BCUT2D eigenvalue weighted by Crippen LogP contribution is 2.27. The molecule has 0 aromatic carbocycles. The molecule has 0 radical (unpaired) electrons. The molecular weight excluding hydrogens is 248 g/mol. The van der Waals surface area contributed by atoms with E-state index < -0.39 is 0 Å². The maximum Gasteiger partial charge on any atom is 0.239 e. The smallest absolute Gasteiger partial charge is 0.239 e. The van der Waals surface area contributed by atoms with E-state index in [1.165, 1.54) is 0 Å². The molecule has 1 saturated carbocycles. The Labute approximate surface area is 109 Å². The third-order valence-electron chi connectivity index (χ3n) is 2.91. The zero-order valence-electron chi connectivity index (χ0n) is 10.1. The standard InChI is InChI=1S/C12H14N4OS/c1-16(6-10(17)15-8-2-3-8)12-11-9(4-5-18-11)13-7-14-12/h4-5,7-8H,2-3,6H2,1H3,(H,15,17). The van der Waals surface area contributed by atoms with Crippen molar-refractivity contribution < 1.29 is 4.79 Å². The van der Waals surface area contributed by atoms with Gasteiger partial charge in [-0.2, -0.15) is 0 Å². The molecule has 94 valence electrons. The number of carbonyl (C=O) groups is 1. The first-order valence-electron chi connectivity index (χ1n) is 5.93. The fourth-order valence-electron chi connectivity index (χ4n) is 1.84. The van der Waals surface area contributed by atoms with Gasteiger partial charge in [0.15, 0.2) is 0 Å². The Balaban J connectivity index is 1.76. The molecule has 0 spiro atoms. The Morgan fingerprint density at radius 2 is 2.39 bits per heavy atom. The van der Waals surface area contributed by atoms with E-state index in [1.807, 2.05) is 23.4 Å². The normalized spacial score (nSPS) is 14.7. The van der Waals surface area contributed by atoms with E-state index in [4.69, 9.17) is 0 Å². The van der Waals surface area contributed by atoms with Gasteiger partial charge in [-0.15, -0.1) is 11.3 Å². The van der Waals surface area contributed by atoms with Gasteiger partial charge in [0.2, 0.25) is 5.91 Å². The van der Waals surface area contributed by atoms with Crippen molar-refractivity contribution in [2.45, 2.75) is 18.9 Å². The Hall–Kier alpha value is -1.69. The van der Waals surface area contributed by atoms with Crippen LogP contribution in [0.4, 0.5) is 5.82 Å². The highest BCUT2D eigenvalue weighted by molar-refractivity contribution is 7.17. The largest absolute Gasteiger partial charge is 0.352 e. The fraction of sp³-hybridized carbons (Fsp3) is 0.417. The Morgan fingerprint density at radius 3 is 3.17 bits per heavy atom. The maximum atomic E-state index is 11.8. The van der Waals surface area contributed by atoms with E-state index in [2.05, 4.69) is 15.3 Å². The molecule has 1 fully saturated rings. The molecule has 1 aliphatic carbocycles. The number of hydrogen-bond donors (Lipinski definition) is 1. The monoisotopic (exact) mass is 262 g/mol. The van der Waals surface area contributed by atoms with Crippen LogP contribution in [0.5, 0.6) is 0 Å². The predicted octanol–water partition coefficient (Wildman–Crippen LogP) is 1.41. The molecule has 1 aliphatic rings. The predicted molar refractivity (Wildman–Crippen MR) is 71.8 cm³/mol. The van der Waals surface area contributed by atoms with E-state index in [9.17, 15) is 4.79 Å². The average Bonchev–Trinajstić information content (AvgIpc) is 3.02. The number of fused-ring (bicyclic) bond motifs is 1. The minimum atomic E-state index is 0.0586. The third-order valence-corrected chi connectivity index (χ3v) is 3.81. The molecule has 2 heterocycles. The molecule has 6 heteroatoms. The first-order valence-corrected chi connectivity index (χ1v) is 6.80. The molecule has 2 aromatic rings. The van der Waals surface area contributed by atoms with Crippen LogP contribution in [0.2, 0.25) is 0 Å². The number of nitrogens with zero attached hydrogens (tertiary/aromatic N) is 3. The Kier molecular flexibility index (Phi) is 2.87. The van der Waals surface area contributed by atoms with Crippen LogP contribution < -0.4 is 10.2 Å². The van der Waals surface area contributed by atoms with Gasteiger partial charge in [-0.05, 0) is 24.3 Å². The Morgan fingerprint density at radius 1 is 1.56 bits per heavy atom. The first-order chi connectivity index (χ1) is 8.74. The zero-order valence-corrected chi connectivity index (χ0v) is 10.9. The van der Waals surface area contributed by atoms with Crippen molar-refractivity contribution in [2.75, 3.05) is 18.5 Å². The van der Waals surface area contributed by atoms with Gasteiger partial charge in [-0.3, -0.25) is 4.79 Å². The second-order valence-electron chi connectivity index (χ2n) is 4.53. The second-order valence-corrected chi connectivity index (χ2v) is 5.45. The van der Waals surface area contributed by atoms with Gasteiger partial charge < -0.3 is 10.2 Å². The summed E-state index contributed by atoms with van der Waals surface area (Å²) < 4.78 is 1.03. The number of rotatable bonds is 4. The van der Waals surface area contributed by atoms with E-state index in [1.54, 1.807) is 17.7 Å². The van der Waals surface area contributed by atoms with Crippen LogP contribution in [0, 0.1) is 0 Å². The number of hydrogen-bond acceptors (Lipinski definition) is 5. The number of anilines is 1. The fourth-order valence-corrected chi connectivity index (χ4v) is 2.73. The van der Waals surface area contributed by atoms with Crippen LogP contribution in [0.3, 0.4) is 0 Å². The lowest BCUT2D eigenvalue weighted by Gasteiger charge is -2.17. The van der Waals surface area contributed by atoms with E-state index in [0.29, 0.717) is 12.6 Å². The van der Waals surface area contributed by atoms with Crippen molar-refractivity contribution in [3.05, 3.63) is 17.8 Å². The highest BCUT2D eigenvalue weighted by Gasteiger charge is 2.24. The molecule has 2 aromatic heterocycles. The van der Waals surface area contributed by atoms with Crippen LogP contribution in [0.25, 0.3) is 10.2 Å². The summed E-state index contributed by atoms with van der Waals surface area (Å²) in [6, 6.07) is 2.36. The molecule has 0 aliphatic heterocycles. The van der Waals surface area contributed by atoms with Crippen LogP contribution in [-0.2, 0) is 4.79 Å². The van der Waals surface area contributed by atoms with Crippen LogP contribution >= 0.6 is 11.3 Å². The van der Waals surface area contributed by atoms with Crippen molar-refractivity contribution in [1.82, 2.24) is 15.3 Å². The SMILES string of the molecule is CN(CC(=O)NC1CC1)c1ncnc2ccsc12. The number of amides is 1. The quantitative estimate of drug-likeness (QED) is 0.905. The minimum absolute atomic E-state index is 0.0586. The summed E-state index contributed by atoms with van der Waals surface area (Å²) in [5, 5.41) is 4.96. The van der Waals surface area contributed by atoms with Gasteiger partial charge in [0.05, 0.1) is 16.8 Å². The molecule has 1 N–H and O–H groups in total. The molecule has 3 rings (SSSR count). The summed E-state index contributed by atoms with van der Waals surface area (Å²) >= 11 is 1.60. The summed E-state index contributed by atoms with van der Waals surface area (Å²) in [4.78, 5) is 22.1. The lowest BCUT2D eigenvalue weighted by Crippen LogP contribution is -2.36. The minimum Gasteiger partial charge on any atom is -0.352 e. The maximum absolute atomic E-state index is 11.8. The molecule has 0 saturated heterocycles. The van der Waals surface area contributed by atoms with Gasteiger partial charge >= 0.3 is 0 Å². The number of nitrogens with one attached hydrogen (secondary N) is 1. The van der Waals surface area contributed by atoms with Crippen LogP contribution in [-0.4, -0.2) is 35.5 Å². The van der Waals surface area contributed by atoms with Gasteiger partial charge in [-0.1, -0.05) is 0 Å². The van der Waals surface area contributed by atoms with Crippen molar-refractivity contribution >= 4 is 33.3 Å². The van der Waals surface area contributed by atoms with Gasteiger partial charge in [0, 0.05) is 13.1 Å². The number of likely N-dealkylation sites (N-methyl/N-ethyl adjacent to an activating group) is 1. The average molecular weight is 262 g/mol. The second kappa shape index (κ2) is 4.53. The molecule has 1 amide bonds. The van der Waals surface area contributed by atoms with Crippen molar-refractivity contribution in [3.63, 3.8) is 0 Å². The van der Waals surface area contributed by atoms with Crippen molar-refractivity contribution in [2.24, 2.45) is 0 Å². The van der Waals surface area contributed by atoms with E-state index in [-0.39, 0.29) is 5.91 Å². The molecule has 0 atom stereocenters. The summed E-state index contributed by atoms with van der Waals surface area (Å²) in [5.41, 5.74) is 0.930. The molecule has 5 nitrogen and oxygen atoms in total. The highest BCUT2D eigenvalue weighted by atomic mass is 32.1. The summed E-state index contributed by atoms with van der Waals surface area (Å²) in [6.45, 7) is 0.334.